The Morgan fingerprint density at radius 3 is 2.33 bits per heavy atom. The van der Waals surface area contributed by atoms with Crippen molar-refractivity contribution >= 4 is 11.8 Å². The molecule has 0 aromatic heterocycles. The zero-order chi connectivity index (χ0) is 15.0. The van der Waals surface area contributed by atoms with Gasteiger partial charge in [-0.15, -0.1) is 0 Å². The molecular weight excluding hydrogens is 264 g/mol. The highest BCUT2D eigenvalue weighted by molar-refractivity contribution is 6.21. The van der Waals surface area contributed by atoms with Crippen LogP contribution in [0.5, 0.6) is 0 Å². The highest BCUT2D eigenvalue weighted by atomic mass is 16.2. The zero-order valence-electron chi connectivity index (χ0n) is 12.7. The lowest BCUT2D eigenvalue weighted by Crippen LogP contribution is -2.31. The molecule has 112 valence electrons. The Morgan fingerprint density at radius 2 is 1.81 bits per heavy atom. The summed E-state index contributed by atoms with van der Waals surface area (Å²) in [5, 5.41) is 3.51. The van der Waals surface area contributed by atoms with E-state index in [0.717, 1.165) is 25.8 Å². The van der Waals surface area contributed by atoms with Crippen molar-refractivity contribution in [2.75, 3.05) is 13.1 Å². The average molecular weight is 286 g/mol. The lowest BCUT2D eigenvalue weighted by molar-refractivity contribution is 0.0650. The van der Waals surface area contributed by atoms with E-state index in [1.165, 1.54) is 4.90 Å². The van der Waals surface area contributed by atoms with Gasteiger partial charge in [0.15, 0.2) is 0 Å². The van der Waals surface area contributed by atoms with Gasteiger partial charge in [-0.3, -0.25) is 14.5 Å². The van der Waals surface area contributed by atoms with E-state index in [1.807, 2.05) is 0 Å². The van der Waals surface area contributed by atoms with Gasteiger partial charge in [-0.05, 0) is 57.7 Å². The third kappa shape index (κ3) is 2.72. The van der Waals surface area contributed by atoms with Crippen LogP contribution in [0.4, 0.5) is 0 Å². The highest BCUT2D eigenvalue weighted by Gasteiger charge is 2.35. The number of benzene rings is 1. The van der Waals surface area contributed by atoms with E-state index >= 15 is 0 Å². The lowest BCUT2D eigenvalue weighted by atomic mass is 9.94. The van der Waals surface area contributed by atoms with Gasteiger partial charge in [0.05, 0.1) is 11.1 Å². The molecule has 2 amide bonds. The SMILES string of the molecule is CC1(C)C[C@H](CCCN2C(=O)c3ccccc3C2=O)CN1. The number of hydrogen-bond donors (Lipinski definition) is 1. The molecule has 0 saturated carbocycles. The molecule has 1 saturated heterocycles. The molecule has 0 aliphatic carbocycles. The second-order valence-corrected chi connectivity index (χ2v) is 6.78. The number of carbonyl (C=O) groups excluding carboxylic acids is 2. The largest absolute Gasteiger partial charge is 0.312 e. The molecule has 4 heteroatoms. The summed E-state index contributed by atoms with van der Waals surface area (Å²) in [5.41, 5.74) is 1.32. The predicted molar refractivity (Wildman–Crippen MR) is 81.2 cm³/mol. The minimum atomic E-state index is -0.138. The van der Waals surface area contributed by atoms with Crippen LogP contribution in [-0.4, -0.2) is 35.3 Å². The van der Waals surface area contributed by atoms with E-state index in [4.69, 9.17) is 0 Å². The second kappa shape index (κ2) is 5.26. The molecule has 1 atom stereocenters. The first-order valence-electron chi connectivity index (χ1n) is 7.68. The van der Waals surface area contributed by atoms with Crippen LogP contribution in [0.3, 0.4) is 0 Å². The van der Waals surface area contributed by atoms with Gasteiger partial charge in [0.2, 0.25) is 0 Å². The van der Waals surface area contributed by atoms with Gasteiger partial charge in [-0.25, -0.2) is 0 Å². The van der Waals surface area contributed by atoms with Gasteiger partial charge < -0.3 is 5.32 Å². The number of hydrogen-bond acceptors (Lipinski definition) is 3. The van der Waals surface area contributed by atoms with Crippen LogP contribution in [0, 0.1) is 5.92 Å². The zero-order valence-corrected chi connectivity index (χ0v) is 12.7. The number of nitrogens with zero attached hydrogens (tertiary/aromatic N) is 1. The molecule has 2 aliphatic heterocycles. The number of amides is 2. The number of rotatable bonds is 4. The van der Waals surface area contributed by atoms with E-state index in [-0.39, 0.29) is 17.4 Å². The molecule has 1 aromatic rings. The van der Waals surface area contributed by atoms with E-state index in [1.54, 1.807) is 24.3 Å². The average Bonchev–Trinajstić information content (AvgIpc) is 2.92. The van der Waals surface area contributed by atoms with Gasteiger partial charge in [0.1, 0.15) is 0 Å². The molecule has 21 heavy (non-hydrogen) atoms. The lowest BCUT2D eigenvalue weighted by Gasteiger charge is -2.18. The van der Waals surface area contributed by atoms with Crippen molar-refractivity contribution in [3.05, 3.63) is 35.4 Å². The first kappa shape index (κ1) is 14.3. The number of carbonyl (C=O) groups is 2. The number of fused-ring (bicyclic) bond motifs is 1. The van der Waals surface area contributed by atoms with Crippen LogP contribution < -0.4 is 5.32 Å². The quantitative estimate of drug-likeness (QED) is 0.865. The Balaban J connectivity index is 1.56. The third-order valence-corrected chi connectivity index (χ3v) is 4.54. The van der Waals surface area contributed by atoms with Crippen molar-refractivity contribution < 1.29 is 9.59 Å². The first-order valence-corrected chi connectivity index (χ1v) is 7.68. The maximum absolute atomic E-state index is 12.2. The van der Waals surface area contributed by atoms with Gasteiger partial charge in [0.25, 0.3) is 11.8 Å². The Bertz CT molecular complexity index is 545. The van der Waals surface area contributed by atoms with Crippen LogP contribution >= 0.6 is 0 Å². The summed E-state index contributed by atoms with van der Waals surface area (Å²) in [4.78, 5) is 25.9. The summed E-state index contributed by atoms with van der Waals surface area (Å²) in [7, 11) is 0. The molecule has 0 radical (unpaired) electrons. The van der Waals surface area contributed by atoms with Gasteiger partial charge in [-0.2, -0.15) is 0 Å². The minimum Gasteiger partial charge on any atom is -0.312 e. The Kier molecular flexibility index (Phi) is 3.57. The molecule has 4 nitrogen and oxygen atoms in total. The van der Waals surface area contributed by atoms with Gasteiger partial charge in [-0.1, -0.05) is 12.1 Å². The second-order valence-electron chi connectivity index (χ2n) is 6.78. The van der Waals surface area contributed by atoms with Crippen molar-refractivity contribution in [2.24, 2.45) is 5.92 Å². The Hall–Kier alpha value is -1.68. The summed E-state index contributed by atoms with van der Waals surface area (Å²) >= 11 is 0. The summed E-state index contributed by atoms with van der Waals surface area (Å²) in [6.07, 6.45) is 3.10. The molecule has 0 spiro atoms. The van der Waals surface area contributed by atoms with E-state index in [9.17, 15) is 9.59 Å². The summed E-state index contributed by atoms with van der Waals surface area (Å²) in [6, 6.07) is 7.08. The van der Waals surface area contributed by atoms with Crippen LogP contribution in [-0.2, 0) is 0 Å². The first-order chi connectivity index (χ1) is 9.98. The molecule has 0 unspecified atom stereocenters. The topological polar surface area (TPSA) is 49.4 Å². The Labute approximate surface area is 125 Å². The van der Waals surface area contributed by atoms with Crippen molar-refractivity contribution in [2.45, 2.75) is 38.6 Å². The minimum absolute atomic E-state index is 0.138. The molecule has 1 N–H and O–H groups in total. The fourth-order valence-electron chi connectivity index (χ4n) is 3.47. The van der Waals surface area contributed by atoms with E-state index in [0.29, 0.717) is 23.6 Å². The standard InChI is InChI=1S/C17H22N2O2/c1-17(2)10-12(11-18-17)6-5-9-19-15(20)13-7-3-4-8-14(13)16(19)21/h3-4,7-8,12,18H,5-6,9-11H2,1-2H3/t12-/m0/s1. The molecule has 3 rings (SSSR count). The van der Waals surface area contributed by atoms with Crippen molar-refractivity contribution in [3.8, 4) is 0 Å². The molecule has 1 fully saturated rings. The smallest absolute Gasteiger partial charge is 0.261 e. The van der Waals surface area contributed by atoms with Crippen LogP contribution in [0.2, 0.25) is 0 Å². The summed E-state index contributed by atoms with van der Waals surface area (Å²) in [6.45, 7) is 6.01. The predicted octanol–water partition coefficient (Wildman–Crippen LogP) is 2.45. The maximum Gasteiger partial charge on any atom is 0.261 e. The van der Waals surface area contributed by atoms with Gasteiger partial charge in [0, 0.05) is 12.1 Å². The fraction of sp³-hybridized carbons (Fsp3) is 0.529. The molecule has 2 aliphatic rings. The van der Waals surface area contributed by atoms with Crippen molar-refractivity contribution in [3.63, 3.8) is 0 Å². The monoisotopic (exact) mass is 286 g/mol. The maximum atomic E-state index is 12.2. The normalized spacial score (nSPS) is 23.7. The molecular formula is C17H22N2O2. The third-order valence-electron chi connectivity index (χ3n) is 4.54. The Morgan fingerprint density at radius 1 is 1.19 bits per heavy atom. The summed E-state index contributed by atoms with van der Waals surface area (Å²) < 4.78 is 0. The molecule has 0 bridgehead atoms. The van der Waals surface area contributed by atoms with Crippen molar-refractivity contribution in [1.29, 1.82) is 0 Å². The van der Waals surface area contributed by atoms with Crippen LogP contribution in [0.15, 0.2) is 24.3 Å². The fourth-order valence-corrected chi connectivity index (χ4v) is 3.47. The van der Waals surface area contributed by atoms with Crippen LogP contribution in [0.1, 0.15) is 53.8 Å². The number of nitrogens with one attached hydrogen (secondary N) is 1. The van der Waals surface area contributed by atoms with E-state index in [2.05, 4.69) is 19.2 Å². The highest BCUT2D eigenvalue weighted by Crippen LogP contribution is 2.28. The van der Waals surface area contributed by atoms with Crippen molar-refractivity contribution in [1.82, 2.24) is 10.2 Å². The van der Waals surface area contributed by atoms with Crippen LogP contribution in [0.25, 0.3) is 0 Å². The number of imide groups is 1. The van der Waals surface area contributed by atoms with E-state index < -0.39 is 0 Å². The van der Waals surface area contributed by atoms with Gasteiger partial charge >= 0.3 is 0 Å². The molecule has 2 heterocycles. The molecule has 1 aromatic carbocycles. The summed E-state index contributed by atoms with van der Waals surface area (Å²) in [5.74, 6) is 0.371.